The van der Waals surface area contributed by atoms with Gasteiger partial charge < -0.3 is 5.11 Å². The van der Waals surface area contributed by atoms with Crippen LogP contribution < -0.4 is 0 Å². The molecule has 1 unspecified atom stereocenters. The molecule has 0 aromatic rings. The van der Waals surface area contributed by atoms with E-state index in [1.165, 1.54) is 0 Å². The summed E-state index contributed by atoms with van der Waals surface area (Å²) in [5.74, 6) is 0. The summed E-state index contributed by atoms with van der Waals surface area (Å²) in [6.45, 7) is 13.4. The monoisotopic (exact) mass is 278 g/mol. The van der Waals surface area contributed by atoms with Crippen molar-refractivity contribution < 1.29 is 5.11 Å². The average Bonchev–Trinajstić information content (AvgIpc) is 2.35. The molecule has 1 aliphatic rings. The third kappa shape index (κ3) is 2.34. The van der Waals surface area contributed by atoms with Crippen molar-refractivity contribution in [2.24, 2.45) is 0 Å². The lowest BCUT2D eigenvalue weighted by Crippen LogP contribution is -2.13. The van der Waals surface area contributed by atoms with E-state index in [9.17, 15) is 5.11 Å². The molecule has 1 N–H and O–H groups in total. The molecular weight excluding hydrogens is 264 g/mol. The number of halogens is 1. The Morgan fingerprint density at radius 3 is 2.56 bits per heavy atom. The van der Waals surface area contributed by atoms with Crippen LogP contribution in [-0.2, 0) is 0 Å². The molecule has 0 saturated carbocycles. The van der Waals surface area contributed by atoms with Crippen molar-refractivity contribution in [2.45, 2.75) is 13.0 Å². The Morgan fingerprint density at radius 1 is 1.44 bits per heavy atom. The van der Waals surface area contributed by atoms with E-state index in [2.05, 4.69) is 35.7 Å². The van der Waals surface area contributed by atoms with Gasteiger partial charge in [-0.05, 0) is 35.3 Å². The quantitative estimate of drug-likeness (QED) is 0.815. The van der Waals surface area contributed by atoms with Crippen LogP contribution in [0.5, 0.6) is 0 Å². The number of hydrogen-bond acceptors (Lipinski definition) is 1. The van der Waals surface area contributed by atoms with Crippen molar-refractivity contribution in [2.75, 3.05) is 0 Å². The molecule has 1 atom stereocenters. The Hall–Kier alpha value is -1.12. The SMILES string of the molecule is C=CC1=C(/C=C\C)C(O)C(=C)C(=C)C(Br)=C1. The van der Waals surface area contributed by atoms with E-state index < -0.39 is 6.10 Å². The van der Waals surface area contributed by atoms with E-state index in [0.29, 0.717) is 11.1 Å². The predicted molar refractivity (Wildman–Crippen MR) is 73.3 cm³/mol. The molecule has 0 aromatic heterocycles. The summed E-state index contributed by atoms with van der Waals surface area (Å²) in [7, 11) is 0. The second-order valence-electron chi connectivity index (χ2n) is 3.51. The topological polar surface area (TPSA) is 20.2 Å². The van der Waals surface area contributed by atoms with Crippen molar-refractivity contribution in [3.63, 3.8) is 0 Å². The Bertz CT molecular complexity index is 436. The van der Waals surface area contributed by atoms with E-state index in [-0.39, 0.29) is 0 Å². The first kappa shape index (κ1) is 12.9. The van der Waals surface area contributed by atoms with Gasteiger partial charge in [0.2, 0.25) is 0 Å². The summed E-state index contributed by atoms with van der Waals surface area (Å²) in [5.41, 5.74) is 2.98. The minimum atomic E-state index is -0.733. The zero-order valence-corrected chi connectivity index (χ0v) is 10.9. The first-order valence-electron chi connectivity index (χ1n) is 4.96. The Balaban J connectivity index is 3.43. The molecular formula is C14H15BrO. The van der Waals surface area contributed by atoms with Crippen LogP contribution in [-0.4, -0.2) is 11.2 Å². The first-order chi connectivity index (χ1) is 7.52. The highest BCUT2D eigenvalue weighted by Gasteiger charge is 2.21. The third-order valence-corrected chi connectivity index (χ3v) is 3.19. The molecule has 84 valence electrons. The van der Waals surface area contributed by atoms with Crippen LogP contribution in [0.1, 0.15) is 6.92 Å². The molecule has 0 radical (unpaired) electrons. The summed E-state index contributed by atoms with van der Waals surface area (Å²) in [6.07, 6.45) is 6.62. The van der Waals surface area contributed by atoms with Gasteiger partial charge in [-0.25, -0.2) is 0 Å². The number of hydrogen-bond donors (Lipinski definition) is 1. The van der Waals surface area contributed by atoms with Gasteiger partial charge in [0.05, 0.1) is 0 Å². The Kier molecular flexibility index (Phi) is 4.27. The standard InChI is InChI=1S/C14H15BrO/c1-5-7-12-11(6-2)8-13(15)9(3)10(4)14(12)16/h5-8,14,16H,2-4H2,1H3/b7-5-. The molecule has 1 rings (SSSR count). The molecule has 16 heavy (non-hydrogen) atoms. The Morgan fingerprint density at radius 2 is 2.06 bits per heavy atom. The van der Waals surface area contributed by atoms with Crippen LogP contribution in [0.15, 0.2) is 70.8 Å². The molecule has 2 heteroatoms. The van der Waals surface area contributed by atoms with Gasteiger partial charge in [0.25, 0.3) is 0 Å². The molecule has 0 fully saturated rings. The number of aliphatic hydroxyl groups excluding tert-OH is 1. The minimum Gasteiger partial charge on any atom is -0.384 e. The van der Waals surface area contributed by atoms with Gasteiger partial charge in [-0.3, -0.25) is 0 Å². The van der Waals surface area contributed by atoms with Gasteiger partial charge in [-0.15, -0.1) is 0 Å². The summed E-state index contributed by atoms with van der Waals surface area (Å²) in [4.78, 5) is 0. The van der Waals surface area contributed by atoms with Crippen LogP contribution in [0.2, 0.25) is 0 Å². The van der Waals surface area contributed by atoms with Crippen LogP contribution in [0.25, 0.3) is 0 Å². The van der Waals surface area contributed by atoms with E-state index in [0.717, 1.165) is 15.6 Å². The van der Waals surface area contributed by atoms with Crippen molar-refractivity contribution in [3.8, 4) is 0 Å². The molecule has 0 saturated heterocycles. The van der Waals surface area contributed by atoms with Crippen LogP contribution in [0.3, 0.4) is 0 Å². The van der Waals surface area contributed by atoms with Gasteiger partial charge in [-0.1, -0.05) is 53.9 Å². The Labute approximate surface area is 105 Å². The zero-order valence-electron chi connectivity index (χ0n) is 9.33. The zero-order chi connectivity index (χ0) is 12.3. The van der Waals surface area contributed by atoms with Crippen molar-refractivity contribution in [1.29, 1.82) is 0 Å². The summed E-state index contributed by atoms with van der Waals surface area (Å²) in [5, 5.41) is 10.2. The van der Waals surface area contributed by atoms with Crippen molar-refractivity contribution in [3.05, 3.63) is 70.8 Å². The molecule has 0 aromatic carbocycles. The van der Waals surface area contributed by atoms with E-state index >= 15 is 0 Å². The highest BCUT2D eigenvalue weighted by atomic mass is 79.9. The van der Waals surface area contributed by atoms with Gasteiger partial charge in [0.1, 0.15) is 6.10 Å². The van der Waals surface area contributed by atoms with Gasteiger partial charge >= 0.3 is 0 Å². The molecule has 0 spiro atoms. The second kappa shape index (κ2) is 5.28. The smallest absolute Gasteiger partial charge is 0.105 e. The second-order valence-corrected chi connectivity index (χ2v) is 4.37. The van der Waals surface area contributed by atoms with Crippen LogP contribution in [0.4, 0.5) is 0 Å². The van der Waals surface area contributed by atoms with Gasteiger partial charge in [-0.2, -0.15) is 0 Å². The molecule has 1 nitrogen and oxygen atoms in total. The minimum absolute atomic E-state index is 0.605. The van der Waals surface area contributed by atoms with Crippen LogP contribution in [0, 0.1) is 0 Å². The molecule has 0 amide bonds. The van der Waals surface area contributed by atoms with E-state index in [1.807, 2.05) is 25.2 Å². The van der Waals surface area contributed by atoms with Gasteiger partial charge in [0, 0.05) is 4.48 Å². The third-order valence-electron chi connectivity index (χ3n) is 2.48. The summed E-state index contributed by atoms with van der Waals surface area (Å²) in [6, 6.07) is 0. The lowest BCUT2D eigenvalue weighted by Gasteiger charge is -2.15. The maximum Gasteiger partial charge on any atom is 0.105 e. The predicted octanol–water partition coefficient (Wildman–Crippen LogP) is 3.81. The molecule has 0 bridgehead atoms. The average molecular weight is 279 g/mol. The lowest BCUT2D eigenvalue weighted by molar-refractivity contribution is 0.253. The van der Waals surface area contributed by atoms with Crippen LogP contribution >= 0.6 is 15.9 Å². The van der Waals surface area contributed by atoms with Crippen molar-refractivity contribution >= 4 is 15.9 Å². The molecule has 1 aliphatic carbocycles. The normalized spacial score (nSPS) is 22.4. The highest BCUT2D eigenvalue weighted by Crippen LogP contribution is 2.33. The van der Waals surface area contributed by atoms with Crippen molar-refractivity contribution in [1.82, 2.24) is 0 Å². The molecule has 0 aliphatic heterocycles. The number of aliphatic hydroxyl groups is 1. The fourth-order valence-electron chi connectivity index (χ4n) is 1.51. The largest absolute Gasteiger partial charge is 0.384 e. The highest BCUT2D eigenvalue weighted by molar-refractivity contribution is 9.12. The first-order valence-corrected chi connectivity index (χ1v) is 5.75. The summed E-state index contributed by atoms with van der Waals surface area (Å²) >= 11 is 3.41. The fourth-order valence-corrected chi connectivity index (χ4v) is 2.02. The number of allylic oxidation sites excluding steroid dienone is 5. The molecule has 0 heterocycles. The fraction of sp³-hybridized carbons (Fsp3) is 0.143. The lowest BCUT2D eigenvalue weighted by atomic mass is 9.97. The number of rotatable bonds is 2. The summed E-state index contributed by atoms with van der Waals surface area (Å²) < 4.78 is 0.825. The van der Waals surface area contributed by atoms with Gasteiger partial charge in [0.15, 0.2) is 0 Å². The van der Waals surface area contributed by atoms with E-state index in [1.54, 1.807) is 6.08 Å². The van der Waals surface area contributed by atoms with E-state index in [4.69, 9.17) is 0 Å². The maximum atomic E-state index is 10.2. The maximum absolute atomic E-state index is 10.2.